The number of nitrogens with two attached hydrogens (primary N) is 1. The Bertz CT molecular complexity index is 630. The second-order valence-corrected chi connectivity index (χ2v) is 4.39. The van der Waals surface area contributed by atoms with Gasteiger partial charge >= 0.3 is 0 Å². The number of hydrogen-bond acceptors (Lipinski definition) is 4. The molecular weight excluding hydrogens is 304 g/mol. The molecule has 0 amide bonds. The molecule has 0 saturated carbocycles. The molecule has 6 heteroatoms. The Morgan fingerprint density at radius 2 is 1.73 bits per heavy atom. The molecule has 0 atom stereocenters. The summed E-state index contributed by atoms with van der Waals surface area (Å²) in [4.78, 5) is 0. The van der Waals surface area contributed by atoms with E-state index in [1.54, 1.807) is 32.4 Å². The number of rotatable bonds is 6. The highest BCUT2D eigenvalue weighted by Crippen LogP contribution is 2.31. The molecule has 2 aromatic rings. The van der Waals surface area contributed by atoms with Crippen LogP contribution in [0.25, 0.3) is 0 Å². The van der Waals surface area contributed by atoms with Gasteiger partial charge in [-0.3, -0.25) is 5.41 Å². The standard InChI is InChI=1S/C16H18N2O3.ClH/c1-19-12-8-6-11(7-9-12)10-21-15-13(16(17)18)4-3-5-14(15)20-2;/h3-9H,10H2,1-2H3,(H3,17,18);1H. The van der Waals surface area contributed by atoms with Gasteiger partial charge in [-0.2, -0.15) is 0 Å². The lowest BCUT2D eigenvalue weighted by Crippen LogP contribution is -2.13. The fourth-order valence-corrected chi connectivity index (χ4v) is 1.91. The number of hydrogen-bond donors (Lipinski definition) is 2. The number of amidine groups is 1. The Kier molecular flexibility index (Phi) is 6.53. The zero-order valence-electron chi connectivity index (χ0n) is 12.5. The smallest absolute Gasteiger partial charge is 0.172 e. The van der Waals surface area contributed by atoms with Crippen molar-refractivity contribution in [2.24, 2.45) is 5.73 Å². The lowest BCUT2D eigenvalue weighted by Gasteiger charge is -2.14. The minimum absolute atomic E-state index is 0. The Morgan fingerprint density at radius 3 is 2.27 bits per heavy atom. The first-order valence-corrected chi connectivity index (χ1v) is 6.43. The summed E-state index contributed by atoms with van der Waals surface area (Å²) in [6, 6.07) is 12.8. The van der Waals surface area contributed by atoms with E-state index in [0.717, 1.165) is 11.3 Å². The number of halogens is 1. The van der Waals surface area contributed by atoms with Gasteiger partial charge in [-0.05, 0) is 29.8 Å². The van der Waals surface area contributed by atoms with E-state index in [2.05, 4.69) is 0 Å². The molecule has 0 aliphatic carbocycles. The largest absolute Gasteiger partial charge is 0.497 e. The molecule has 0 bridgehead atoms. The molecule has 2 rings (SSSR count). The molecular formula is C16H19ClN2O3. The van der Waals surface area contributed by atoms with Crippen LogP contribution in [-0.2, 0) is 6.61 Å². The van der Waals surface area contributed by atoms with Gasteiger partial charge in [0.25, 0.3) is 0 Å². The maximum atomic E-state index is 7.61. The number of methoxy groups -OCH3 is 2. The molecule has 2 aromatic carbocycles. The Hall–Kier alpha value is -2.40. The van der Waals surface area contributed by atoms with Gasteiger partial charge in [0.05, 0.1) is 19.8 Å². The Labute approximate surface area is 135 Å². The average Bonchev–Trinajstić information content (AvgIpc) is 2.52. The van der Waals surface area contributed by atoms with Crippen LogP contribution in [0.5, 0.6) is 17.2 Å². The van der Waals surface area contributed by atoms with Crippen LogP contribution in [-0.4, -0.2) is 20.1 Å². The second-order valence-electron chi connectivity index (χ2n) is 4.39. The predicted octanol–water partition coefficient (Wildman–Crippen LogP) is 2.99. The third-order valence-electron chi connectivity index (χ3n) is 3.03. The lowest BCUT2D eigenvalue weighted by molar-refractivity contribution is 0.284. The molecule has 3 N–H and O–H groups in total. The SMILES string of the molecule is COc1ccc(COc2c(OC)cccc2C(=N)N)cc1.Cl. The zero-order chi connectivity index (χ0) is 15.2. The summed E-state index contributed by atoms with van der Waals surface area (Å²) >= 11 is 0. The van der Waals surface area contributed by atoms with Crippen molar-refractivity contribution in [3.05, 3.63) is 53.6 Å². The van der Waals surface area contributed by atoms with Crippen LogP contribution in [0.4, 0.5) is 0 Å². The van der Waals surface area contributed by atoms with Crippen LogP contribution in [0.2, 0.25) is 0 Å². The molecule has 22 heavy (non-hydrogen) atoms. The molecule has 0 fully saturated rings. The summed E-state index contributed by atoms with van der Waals surface area (Å²) in [7, 11) is 3.18. The summed E-state index contributed by atoms with van der Waals surface area (Å²) in [6.45, 7) is 0.352. The van der Waals surface area contributed by atoms with E-state index in [9.17, 15) is 0 Å². The maximum Gasteiger partial charge on any atom is 0.172 e. The molecule has 0 aliphatic heterocycles. The number of nitrogens with one attached hydrogen (secondary N) is 1. The number of benzene rings is 2. The molecule has 118 valence electrons. The number of para-hydroxylation sites is 1. The highest BCUT2D eigenvalue weighted by molar-refractivity contribution is 5.98. The van der Waals surface area contributed by atoms with E-state index in [-0.39, 0.29) is 18.2 Å². The summed E-state index contributed by atoms with van der Waals surface area (Å²) in [5, 5.41) is 7.61. The van der Waals surface area contributed by atoms with Crippen LogP contribution >= 0.6 is 12.4 Å². The van der Waals surface area contributed by atoms with Crippen molar-refractivity contribution in [2.45, 2.75) is 6.61 Å². The zero-order valence-corrected chi connectivity index (χ0v) is 13.3. The van der Waals surface area contributed by atoms with Crippen molar-refractivity contribution in [2.75, 3.05) is 14.2 Å². The van der Waals surface area contributed by atoms with Gasteiger partial charge < -0.3 is 19.9 Å². The molecule has 0 spiro atoms. The van der Waals surface area contributed by atoms with Crippen molar-refractivity contribution in [3.8, 4) is 17.2 Å². The average molecular weight is 323 g/mol. The fourth-order valence-electron chi connectivity index (χ4n) is 1.91. The lowest BCUT2D eigenvalue weighted by atomic mass is 10.1. The minimum atomic E-state index is -0.0568. The molecule has 0 aliphatic rings. The van der Waals surface area contributed by atoms with Gasteiger partial charge in [-0.25, -0.2) is 0 Å². The summed E-state index contributed by atoms with van der Waals surface area (Å²) in [5.74, 6) is 1.76. The summed E-state index contributed by atoms with van der Waals surface area (Å²) in [6.07, 6.45) is 0. The van der Waals surface area contributed by atoms with E-state index < -0.39 is 0 Å². The van der Waals surface area contributed by atoms with Crippen molar-refractivity contribution in [3.63, 3.8) is 0 Å². The summed E-state index contributed by atoms with van der Waals surface area (Å²) < 4.78 is 16.2. The van der Waals surface area contributed by atoms with Gasteiger partial charge in [0.15, 0.2) is 11.5 Å². The van der Waals surface area contributed by atoms with Crippen molar-refractivity contribution >= 4 is 18.2 Å². The van der Waals surface area contributed by atoms with Crippen molar-refractivity contribution in [1.29, 1.82) is 5.41 Å². The molecule has 0 unspecified atom stereocenters. The van der Waals surface area contributed by atoms with Crippen LogP contribution < -0.4 is 19.9 Å². The normalized spacial score (nSPS) is 9.55. The monoisotopic (exact) mass is 322 g/mol. The van der Waals surface area contributed by atoms with Gasteiger partial charge in [-0.1, -0.05) is 18.2 Å². The first-order chi connectivity index (χ1) is 10.2. The predicted molar refractivity (Wildman–Crippen MR) is 88.6 cm³/mol. The van der Waals surface area contributed by atoms with E-state index in [1.807, 2.05) is 24.3 Å². The highest BCUT2D eigenvalue weighted by Gasteiger charge is 2.12. The van der Waals surface area contributed by atoms with E-state index >= 15 is 0 Å². The first-order valence-electron chi connectivity index (χ1n) is 6.43. The van der Waals surface area contributed by atoms with Crippen molar-refractivity contribution in [1.82, 2.24) is 0 Å². The summed E-state index contributed by atoms with van der Waals surface area (Å²) in [5.41, 5.74) is 7.08. The van der Waals surface area contributed by atoms with Crippen LogP contribution in [0.1, 0.15) is 11.1 Å². The molecule has 0 saturated heterocycles. The minimum Gasteiger partial charge on any atom is -0.497 e. The van der Waals surface area contributed by atoms with E-state index in [0.29, 0.717) is 23.7 Å². The van der Waals surface area contributed by atoms with Gasteiger partial charge in [0, 0.05) is 0 Å². The quantitative estimate of drug-likeness (QED) is 0.633. The first kappa shape index (κ1) is 17.7. The third kappa shape index (κ3) is 4.05. The molecule has 0 radical (unpaired) electrons. The van der Waals surface area contributed by atoms with Gasteiger partial charge in [-0.15, -0.1) is 12.4 Å². The Balaban J connectivity index is 0.00000242. The Morgan fingerprint density at radius 1 is 1.05 bits per heavy atom. The number of ether oxygens (including phenoxy) is 3. The third-order valence-corrected chi connectivity index (χ3v) is 3.03. The van der Waals surface area contributed by atoms with Gasteiger partial charge in [0.2, 0.25) is 0 Å². The van der Waals surface area contributed by atoms with Crippen molar-refractivity contribution < 1.29 is 14.2 Å². The molecule has 0 heterocycles. The molecule has 0 aromatic heterocycles. The van der Waals surface area contributed by atoms with E-state index in [1.165, 1.54) is 0 Å². The van der Waals surface area contributed by atoms with Crippen LogP contribution in [0.3, 0.4) is 0 Å². The van der Waals surface area contributed by atoms with Crippen LogP contribution in [0, 0.1) is 5.41 Å². The molecule has 5 nitrogen and oxygen atoms in total. The maximum absolute atomic E-state index is 7.61. The fraction of sp³-hybridized carbons (Fsp3) is 0.188. The van der Waals surface area contributed by atoms with Gasteiger partial charge in [0.1, 0.15) is 18.2 Å². The van der Waals surface area contributed by atoms with E-state index in [4.69, 9.17) is 25.4 Å². The second kappa shape index (κ2) is 8.14. The topological polar surface area (TPSA) is 77.6 Å². The number of nitrogen functional groups attached to an aromatic ring is 1. The highest BCUT2D eigenvalue weighted by atomic mass is 35.5. The van der Waals surface area contributed by atoms with Crippen LogP contribution in [0.15, 0.2) is 42.5 Å².